The molecule has 0 fully saturated rings. The molecule has 0 unspecified atom stereocenters. The number of halogens is 1. The van der Waals surface area contributed by atoms with Crippen molar-refractivity contribution < 1.29 is 13.9 Å². The Morgan fingerprint density at radius 2 is 1.86 bits per heavy atom. The van der Waals surface area contributed by atoms with Crippen LogP contribution < -0.4 is 20.7 Å². The Morgan fingerprint density at radius 1 is 1.11 bits per heavy atom. The summed E-state index contributed by atoms with van der Waals surface area (Å²) in [5, 5.41) is 8.98. The van der Waals surface area contributed by atoms with Crippen molar-refractivity contribution in [1.82, 2.24) is 16.0 Å². The number of aliphatic imine (C=N–C) groups is 1. The molecular weight excluding hydrogens is 359 g/mol. The third-order valence-corrected chi connectivity index (χ3v) is 4.28. The lowest BCUT2D eigenvalue weighted by molar-refractivity contribution is -0.120. The number of hydrogen-bond donors (Lipinski definition) is 3. The molecule has 28 heavy (non-hydrogen) atoms. The topological polar surface area (TPSA) is 74.8 Å². The molecular formula is C21H27FN4O2. The van der Waals surface area contributed by atoms with E-state index in [9.17, 15) is 9.18 Å². The molecule has 0 aliphatic heterocycles. The van der Waals surface area contributed by atoms with E-state index in [1.165, 1.54) is 12.1 Å². The number of amides is 1. The second-order valence-corrected chi connectivity index (χ2v) is 6.30. The molecule has 0 aliphatic carbocycles. The number of methoxy groups -OCH3 is 1. The zero-order valence-electron chi connectivity index (χ0n) is 16.5. The van der Waals surface area contributed by atoms with Crippen molar-refractivity contribution in [2.24, 2.45) is 4.99 Å². The molecule has 0 bridgehead atoms. The molecule has 0 radical (unpaired) electrons. The molecule has 1 amide bonds. The Hall–Kier alpha value is -3.09. The second-order valence-electron chi connectivity index (χ2n) is 6.30. The highest BCUT2D eigenvalue weighted by molar-refractivity contribution is 5.86. The molecule has 2 rings (SSSR count). The number of aryl methyl sites for hydroxylation is 1. The Kier molecular flexibility index (Phi) is 8.27. The highest BCUT2D eigenvalue weighted by atomic mass is 19.1. The number of nitrogens with zero attached hydrogens (tertiary/aromatic N) is 1. The Morgan fingerprint density at radius 3 is 2.50 bits per heavy atom. The van der Waals surface area contributed by atoms with Gasteiger partial charge in [0.25, 0.3) is 0 Å². The van der Waals surface area contributed by atoms with Crippen molar-refractivity contribution in [3.8, 4) is 5.75 Å². The van der Waals surface area contributed by atoms with Gasteiger partial charge in [-0.2, -0.15) is 0 Å². The Balaban J connectivity index is 1.69. The van der Waals surface area contributed by atoms with Crippen LogP contribution in [0.5, 0.6) is 5.75 Å². The Labute approximate surface area is 165 Å². The first-order valence-corrected chi connectivity index (χ1v) is 9.11. The maximum absolute atomic E-state index is 13.1. The lowest BCUT2D eigenvalue weighted by Crippen LogP contribution is -2.43. The third-order valence-electron chi connectivity index (χ3n) is 4.28. The summed E-state index contributed by atoms with van der Waals surface area (Å²) in [5.41, 5.74) is 2.98. The summed E-state index contributed by atoms with van der Waals surface area (Å²) < 4.78 is 18.3. The fraction of sp³-hybridized carbons (Fsp3) is 0.333. The van der Waals surface area contributed by atoms with Gasteiger partial charge in [0.05, 0.1) is 13.7 Å². The van der Waals surface area contributed by atoms with E-state index in [4.69, 9.17) is 4.74 Å². The van der Waals surface area contributed by atoms with Gasteiger partial charge in [-0.1, -0.05) is 18.2 Å². The van der Waals surface area contributed by atoms with Crippen LogP contribution in [-0.2, 0) is 17.8 Å². The van der Waals surface area contributed by atoms with Crippen LogP contribution in [0.3, 0.4) is 0 Å². The van der Waals surface area contributed by atoms with Gasteiger partial charge < -0.3 is 20.7 Å². The summed E-state index contributed by atoms with van der Waals surface area (Å²) in [7, 11) is 3.26. The zero-order valence-corrected chi connectivity index (χ0v) is 16.5. The molecule has 0 heterocycles. The number of rotatable bonds is 8. The number of carbonyl (C=O) groups is 1. The summed E-state index contributed by atoms with van der Waals surface area (Å²) in [5.74, 6) is 0.960. The maximum Gasteiger partial charge on any atom is 0.239 e. The average molecular weight is 386 g/mol. The van der Waals surface area contributed by atoms with Gasteiger partial charge in [-0.25, -0.2) is 4.39 Å². The molecule has 6 nitrogen and oxygen atoms in total. The van der Waals surface area contributed by atoms with E-state index < -0.39 is 0 Å². The first-order valence-electron chi connectivity index (χ1n) is 9.11. The minimum Gasteiger partial charge on any atom is -0.497 e. The van der Waals surface area contributed by atoms with Crippen molar-refractivity contribution in [3.05, 3.63) is 65.0 Å². The fourth-order valence-electron chi connectivity index (χ4n) is 2.65. The summed E-state index contributed by atoms with van der Waals surface area (Å²) in [6.07, 6.45) is 0.733. The van der Waals surface area contributed by atoms with E-state index in [2.05, 4.69) is 20.9 Å². The molecule has 0 aromatic heterocycles. The van der Waals surface area contributed by atoms with E-state index in [0.29, 0.717) is 19.0 Å². The van der Waals surface area contributed by atoms with Crippen LogP contribution in [0.1, 0.15) is 16.7 Å². The van der Waals surface area contributed by atoms with E-state index in [-0.39, 0.29) is 18.3 Å². The van der Waals surface area contributed by atoms with Gasteiger partial charge in [0.1, 0.15) is 11.6 Å². The van der Waals surface area contributed by atoms with Gasteiger partial charge in [-0.05, 0) is 54.3 Å². The fourth-order valence-corrected chi connectivity index (χ4v) is 2.65. The van der Waals surface area contributed by atoms with Crippen molar-refractivity contribution >= 4 is 11.9 Å². The van der Waals surface area contributed by atoms with Crippen molar-refractivity contribution in [3.63, 3.8) is 0 Å². The highest BCUT2D eigenvalue weighted by Gasteiger charge is 2.05. The summed E-state index contributed by atoms with van der Waals surface area (Å²) >= 11 is 0. The van der Waals surface area contributed by atoms with Crippen LogP contribution >= 0.6 is 0 Å². The lowest BCUT2D eigenvalue weighted by atomic mass is 10.1. The van der Waals surface area contributed by atoms with Crippen molar-refractivity contribution in [1.29, 1.82) is 0 Å². The monoisotopic (exact) mass is 386 g/mol. The molecule has 7 heteroatoms. The van der Waals surface area contributed by atoms with Crippen LogP contribution in [-0.4, -0.2) is 39.1 Å². The number of ether oxygens (including phenoxy) is 1. The number of guanidine groups is 1. The van der Waals surface area contributed by atoms with E-state index in [1.54, 1.807) is 20.2 Å². The van der Waals surface area contributed by atoms with Gasteiger partial charge in [-0.3, -0.25) is 9.79 Å². The molecule has 0 atom stereocenters. The maximum atomic E-state index is 13.1. The van der Waals surface area contributed by atoms with Gasteiger partial charge in [0.2, 0.25) is 5.91 Å². The highest BCUT2D eigenvalue weighted by Crippen LogP contribution is 2.11. The SMILES string of the molecule is CN=C(NCCc1ccc(F)cc1C)NCC(=O)NCc1ccc(OC)cc1. The molecule has 2 aromatic carbocycles. The molecule has 0 aliphatic rings. The third kappa shape index (κ3) is 6.90. The molecule has 0 spiro atoms. The van der Waals surface area contributed by atoms with Crippen LogP contribution in [0, 0.1) is 12.7 Å². The van der Waals surface area contributed by atoms with Crippen molar-refractivity contribution in [2.45, 2.75) is 19.9 Å². The molecule has 2 aromatic rings. The van der Waals surface area contributed by atoms with E-state index in [0.717, 1.165) is 28.9 Å². The van der Waals surface area contributed by atoms with E-state index >= 15 is 0 Å². The largest absolute Gasteiger partial charge is 0.497 e. The van der Waals surface area contributed by atoms with Gasteiger partial charge in [0, 0.05) is 20.1 Å². The number of carbonyl (C=O) groups excluding carboxylic acids is 1. The van der Waals surface area contributed by atoms with Crippen LogP contribution in [0.4, 0.5) is 4.39 Å². The van der Waals surface area contributed by atoms with Gasteiger partial charge in [0.15, 0.2) is 5.96 Å². The standard InChI is InChI=1S/C21H27FN4O2/c1-15-12-18(22)7-6-17(15)10-11-24-21(23-2)26-14-20(27)25-13-16-4-8-19(28-3)9-5-16/h4-9,12H,10-11,13-14H2,1-3H3,(H,25,27)(H2,23,24,26). The summed E-state index contributed by atoms with van der Waals surface area (Å²) in [4.78, 5) is 16.1. The minimum atomic E-state index is -0.229. The number of nitrogens with one attached hydrogen (secondary N) is 3. The lowest BCUT2D eigenvalue weighted by Gasteiger charge is -2.13. The molecule has 3 N–H and O–H groups in total. The van der Waals surface area contributed by atoms with Crippen LogP contribution in [0.2, 0.25) is 0 Å². The number of benzene rings is 2. The first-order chi connectivity index (χ1) is 13.5. The summed E-state index contributed by atoms with van der Waals surface area (Å²) in [6.45, 7) is 3.07. The average Bonchev–Trinajstić information content (AvgIpc) is 2.70. The second kappa shape index (κ2) is 10.9. The van der Waals surface area contributed by atoms with Crippen LogP contribution in [0.15, 0.2) is 47.5 Å². The number of hydrogen-bond acceptors (Lipinski definition) is 3. The minimum absolute atomic E-state index is 0.116. The molecule has 0 saturated carbocycles. The predicted octanol–water partition coefficient (Wildman–Crippen LogP) is 2.17. The predicted molar refractivity (Wildman–Crippen MR) is 109 cm³/mol. The Bertz CT molecular complexity index is 807. The van der Waals surface area contributed by atoms with Gasteiger partial charge >= 0.3 is 0 Å². The zero-order chi connectivity index (χ0) is 20.4. The molecule has 0 saturated heterocycles. The van der Waals surface area contributed by atoms with E-state index in [1.807, 2.05) is 31.2 Å². The van der Waals surface area contributed by atoms with Crippen LogP contribution in [0.25, 0.3) is 0 Å². The quantitative estimate of drug-likeness (QED) is 0.480. The van der Waals surface area contributed by atoms with Crippen molar-refractivity contribution in [2.75, 3.05) is 27.2 Å². The first kappa shape index (κ1) is 21.2. The molecule has 150 valence electrons. The summed E-state index contributed by atoms with van der Waals surface area (Å²) in [6, 6.07) is 12.3. The van der Waals surface area contributed by atoms with Gasteiger partial charge in [-0.15, -0.1) is 0 Å². The normalized spacial score (nSPS) is 11.1. The smallest absolute Gasteiger partial charge is 0.239 e.